The van der Waals surface area contributed by atoms with Crippen molar-refractivity contribution in [1.29, 1.82) is 0 Å². The Balaban J connectivity index is 2.25. The zero-order chi connectivity index (χ0) is 15.7. The molecule has 21 heavy (non-hydrogen) atoms. The summed E-state index contributed by atoms with van der Waals surface area (Å²) in [6.07, 6.45) is -3.49. The summed E-state index contributed by atoms with van der Waals surface area (Å²) in [4.78, 5) is -0.133. The highest BCUT2D eigenvalue weighted by molar-refractivity contribution is 7.89. The molecule has 2 N–H and O–H groups in total. The fourth-order valence-corrected chi connectivity index (χ4v) is 3.45. The summed E-state index contributed by atoms with van der Waals surface area (Å²) in [7, 11) is -4.26. The van der Waals surface area contributed by atoms with Gasteiger partial charge < -0.3 is 5.32 Å². The molecule has 0 fully saturated rings. The first kappa shape index (κ1) is 16.2. The SMILES string of the molecule is O=S(=O)(NCC(F)(F)C(F)F)c1cccc2c1CCNC2. The molecule has 0 aromatic heterocycles. The van der Waals surface area contributed by atoms with Gasteiger partial charge in [-0.2, -0.15) is 8.78 Å². The number of benzene rings is 1. The third-order valence-corrected chi connectivity index (χ3v) is 4.69. The molecule has 4 nitrogen and oxygen atoms in total. The Hall–Kier alpha value is -1.19. The van der Waals surface area contributed by atoms with Crippen molar-refractivity contribution in [2.24, 2.45) is 0 Å². The molecule has 0 amide bonds. The molecule has 1 aromatic carbocycles. The maximum atomic E-state index is 12.8. The van der Waals surface area contributed by atoms with E-state index in [9.17, 15) is 26.0 Å². The van der Waals surface area contributed by atoms with E-state index in [4.69, 9.17) is 0 Å². The molecule has 1 aromatic rings. The van der Waals surface area contributed by atoms with Gasteiger partial charge in [-0.25, -0.2) is 21.9 Å². The molecule has 2 rings (SSSR count). The predicted molar refractivity (Wildman–Crippen MR) is 68.0 cm³/mol. The lowest BCUT2D eigenvalue weighted by atomic mass is 10.0. The molecule has 0 saturated heterocycles. The zero-order valence-electron chi connectivity index (χ0n) is 10.9. The molecule has 0 saturated carbocycles. The van der Waals surface area contributed by atoms with Crippen LogP contribution in [0.5, 0.6) is 0 Å². The van der Waals surface area contributed by atoms with Crippen LogP contribution in [-0.2, 0) is 23.0 Å². The number of rotatable bonds is 5. The topological polar surface area (TPSA) is 58.2 Å². The molecular weight excluding hydrogens is 312 g/mol. The van der Waals surface area contributed by atoms with Gasteiger partial charge in [0.2, 0.25) is 10.0 Å². The van der Waals surface area contributed by atoms with E-state index in [-0.39, 0.29) is 4.90 Å². The Morgan fingerprint density at radius 1 is 1.33 bits per heavy atom. The molecule has 1 heterocycles. The van der Waals surface area contributed by atoms with Crippen molar-refractivity contribution in [3.63, 3.8) is 0 Å². The van der Waals surface area contributed by atoms with Gasteiger partial charge in [-0.1, -0.05) is 12.1 Å². The lowest BCUT2D eigenvalue weighted by Crippen LogP contribution is -2.41. The lowest BCUT2D eigenvalue weighted by molar-refractivity contribution is -0.122. The number of sulfonamides is 1. The van der Waals surface area contributed by atoms with Crippen LogP contribution in [0.25, 0.3) is 0 Å². The Kier molecular flexibility index (Phi) is 4.54. The zero-order valence-corrected chi connectivity index (χ0v) is 11.7. The quantitative estimate of drug-likeness (QED) is 0.807. The van der Waals surface area contributed by atoms with Crippen LogP contribution >= 0.6 is 0 Å². The van der Waals surface area contributed by atoms with E-state index in [1.165, 1.54) is 12.1 Å². The largest absolute Gasteiger partial charge is 0.320 e. The standard InChI is InChI=1S/C12H14F4N2O2S/c13-11(14)12(15,16)7-18-21(19,20)10-3-1-2-8-6-17-5-4-9(8)10/h1-3,11,17-18H,4-7H2. The van der Waals surface area contributed by atoms with Crippen LogP contribution in [0.4, 0.5) is 17.6 Å². The maximum Gasteiger partial charge on any atom is 0.320 e. The number of nitrogens with one attached hydrogen (secondary N) is 2. The van der Waals surface area contributed by atoms with Crippen molar-refractivity contribution < 1.29 is 26.0 Å². The van der Waals surface area contributed by atoms with Crippen molar-refractivity contribution >= 4 is 10.0 Å². The van der Waals surface area contributed by atoms with Crippen LogP contribution < -0.4 is 10.0 Å². The van der Waals surface area contributed by atoms with Gasteiger partial charge in [-0.05, 0) is 30.2 Å². The fraction of sp³-hybridized carbons (Fsp3) is 0.500. The summed E-state index contributed by atoms with van der Waals surface area (Å²) in [6, 6.07) is 4.51. The Bertz CT molecular complexity index is 620. The van der Waals surface area contributed by atoms with Gasteiger partial charge in [0.25, 0.3) is 0 Å². The fourth-order valence-electron chi connectivity index (χ4n) is 2.09. The minimum Gasteiger partial charge on any atom is -0.312 e. The normalized spacial score (nSPS) is 16.0. The molecule has 0 bridgehead atoms. The van der Waals surface area contributed by atoms with E-state index < -0.39 is 28.9 Å². The van der Waals surface area contributed by atoms with Gasteiger partial charge in [0.15, 0.2) is 0 Å². The van der Waals surface area contributed by atoms with Crippen molar-refractivity contribution in [3.8, 4) is 0 Å². The van der Waals surface area contributed by atoms with Crippen molar-refractivity contribution in [3.05, 3.63) is 29.3 Å². The summed E-state index contributed by atoms with van der Waals surface area (Å²) >= 11 is 0. The van der Waals surface area contributed by atoms with E-state index >= 15 is 0 Å². The van der Waals surface area contributed by atoms with Crippen LogP contribution in [0.15, 0.2) is 23.1 Å². The monoisotopic (exact) mass is 326 g/mol. The lowest BCUT2D eigenvalue weighted by Gasteiger charge is -2.21. The minimum absolute atomic E-state index is 0.133. The Morgan fingerprint density at radius 2 is 2.05 bits per heavy atom. The molecule has 9 heteroatoms. The highest BCUT2D eigenvalue weighted by atomic mass is 32.2. The van der Waals surface area contributed by atoms with Gasteiger partial charge in [0.05, 0.1) is 11.4 Å². The molecule has 0 radical (unpaired) electrons. The first-order valence-corrected chi connectivity index (χ1v) is 7.69. The minimum atomic E-state index is -4.40. The summed E-state index contributed by atoms with van der Waals surface area (Å²) in [5.74, 6) is -4.40. The van der Waals surface area contributed by atoms with Gasteiger partial charge in [-0.3, -0.25) is 0 Å². The average Bonchev–Trinajstić information content (AvgIpc) is 2.44. The second kappa shape index (κ2) is 5.90. The predicted octanol–water partition coefficient (Wildman–Crippen LogP) is 1.51. The van der Waals surface area contributed by atoms with Gasteiger partial charge in [0, 0.05) is 6.54 Å². The Morgan fingerprint density at radius 3 is 2.71 bits per heavy atom. The van der Waals surface area contributed by atoms with Crippen molar-refractivity contribution in [2.75, 3.05) is 13.1 Å². The maximum absolute atomic E-state index is 12.8. The molecule has 0 atom stereocenters. The third kappa shape index (κ3) is 3.53. The number of alkyl halides is 4. The number of halogens is 4. The van der Waals surface area contributed by atoms with Crippen LogP contribution in [0.2, 0.25) is 0 Å². The molecule has 1 aliphatic rings. The summed E-state index contributed by atoms with van der Waals surface area (Å²) in [5, 5.41) is 3.06. The van der Waals surface area contributed by atoms with Gasteiger partial charge >= 0.3 is 12.3 Å². The van der Waals surface area contributed by atoms with Gasteiger partial charge in [-0.15, -0.1) is 0 Å². The molecule has 0 unspecified atom stereocenters. The van der Waals surface area contributed by atoms with Gasteiger partial charge in [0.1, 0.15) is 0 Å². The first-order chi connectivity index (χ1) is 9.74. The highest BCUT2D eigenvalue weighted by Crippen LogP contribution is 2.25. The van der Waals surface area contributed by atoms with E-state index in [0.717, 1.165) is 5.56 Å². The number of hydrogen-bond donors (Lipinski definition) is 2. The molecule has 118 valence electrons. The van der Waals surface area contributed by atoms with E-state index in [1.54, 1.807) is 10.8 Å². The third-order valence-electron chi connectivity index (χ3n) is 3.20. The Labute approximate surface area is 119 Å². The molecular formula is C12H14F4N2O2S. The molecule has 0 aliphatic carbocycles. The van der Waals surface area contributed by atoms with E-state index in [1.807, 2.05) is 0 Å². The van der Waals surface area contributed by atoms with Crippen LogP contribution in [0.3, 0.4) is 0 Å². The average molecular weight is 326 g/mol. The second-order valence-electron chi connectivity index (χ2n) is 4.71. The number of fused-ring (bicyclic) bond motifs is 1. The van der Waals surface area contributed by atoms with Crippen LogP contribution in [0, 0.1) is 0 Å². The highest BCUT2D eigenvalue weighted by Gasteiger charge is 2.41. The smallest absolute Gasteiger partial charge is 0.312 e. The van der Waals surface area contributed by atoms with Crippen molar-refractivity contribution in [2.45, 2.75) is 30.2 Å². The second-order valence-corrected chi connectivity index (χ2v) is 6.44. The molecule has 0 spiro atoms. The van der Waals surface area contributed by atoms with E-state index in [0.29, 0.717) is 25.1 Å². The summed E-state index contributed by atoms with van der Waals surface area (Å²) in [6.45, 7) is -0.590. The van der Waals surface area contributed by atoms with Crippen LogP contribution in [-0.4, -0.2) is 33.9 Å². The van der Waals surface area contributed by atoms with Crippen molar-refractivity contribution in [1.82, 2.24) is 10.0 Å². The van der Waals surface area contributed by atoms with Crippen LogP contribution in [0.1, 0.15) is 11.1 Å². The summed E-state index contributed by atoms with van der Waals surface area (Å²) in [5.41, 5.74) is 1.29. The van der Waals surface area contributed by atoms with E-state index in [2.05, 4.69) is 5.32 Å². The summed E-state index contributed by atoms with van der Waals surface area (Å²) < 4.78 is 75.5. The first-order valence-electron chi connectivity index (χ1n) is 6.21. The molecule has 1 aliphatic heterocycles. The number of hydrogen-bond acceptors (Lipinski definition) is 3.